The van der Waals surface area contributed by atoms with Gasteiger partial charge in [0, 0.05) is 0 Å². The van der Waals surface area contributed by atoms with E-state index in [2.05, 4.69) is 34.0 Å². The minimum Gasteiger partial charge on any atom is -0.369 e. The van der Waals surface area contributed by atoms with Crippen LogP contribution in [0.4, 0.5) is 0 Å². The molecule has 1 heterocycles. The van der Waals surface area contributed by atoms with Gasteiger partial charge in [0.05, 0.1) is 12.2 Å². The normalized spacial score (nSPS) is 30.4. The summed E-state index contributed by atoms with van der Waals surface area (Å²) < 4.78 is 5.68. The van der Waals surface area contributed by atoms with Crippen molar-refractivity contribution >= 4 is 11.8 Å². The summed E-state index contributed by atoms with van der Waals surface area (Å²) in [6, 6.07) is 0. The van der Waals surface area contributed by atoms with Crippen LogP contribution in [0.5, 0.6) is 0 Å². The van der Waals surface area contributed by atoms with Gasteiger partial charge in [-0.1, -0.05) is 27.7 Å². The molecule has 3 atom stereocenters. The molecular weight excluding hydrogens is 192 g/mol. The molecule has 2 heteroatoms. The maximum absolute atomic E-state index is 5.68. The van der Waals surface area contributed by atoms with E-state index in [1.807, 2.05) is 11.8 Å². The van der Waals surface area contributed by atoms with E-state index < -0.39 is 0 Å². The second-order valence-corrected chi connectivity index (χ2v) is 5.77. The zero-order valence-electron chi connectivity index (χ0n) is 10.2. The van der Waals surface area contributed by atoms with Crippen molar-refractivity contribution in [1.29, 1.82) is 0 Å². The summed E-state index contributed by atoms with van der Waals surface area (Å²) in [6.07, 6.45) is 3.38. The molecule has 1 aliphatic rings. The summed E-state index contributed by atoms with van der Waals surface area (Å²) in [4.78, 5) is 0. The molecule has 3 unspecified atom stereocenters. The van der Waals surface area contributed by atoms with Crippen LogP contribution in [-0.4, -0.2) is 24.2 Å². The number of ether oxygens (including phenoxy) is 1. The van der Waals surface area contributed by atoms with Gasteiger partial charge in [0.15, 0.2) is 0 Å². The van der Waals surface area contributed by atoms with Crippen LogP contribution < -0.4 is 0 Å². The molecule has 0 aromatic heterocycles. The Hall–Kier alpha value is 0.310. The minimum atomic E-state index is 0.241. The van der Waals surface area contributed by atoms with Gasteiger partial charge in [0.2, 0.25) is 0 Å². The van der Waals surface area contributed by atoms with Crippen molar-refractivity contribution in [2.75, 3.05) is 18.6 Å². The summed E-state index contributed by atoms with van der Waals surface area (Å²) in [5.41, 5.74) is 0.241. The molecule has 0 amide bonds. The number of hydrogen-bond donors (Lipinski definition) is 0. The van der Waals surface area contributed by atoms with Gasteiger partial charge in [-0.15, -0.1) is 0 Å². The predicted molar refractivity (Wildman–Crippen MR) is 64.8 cm³/mol. The molecule has 0 aliphatic carbocycles. The van der Waals surface area contributed by atoms with Crippen molar-refractivity contribution in [3.05, 3.63) is 0 Å². The Morgan fingerprint density at radius 3 is 2.21 bits per heavy atom. The molecule has 14 heavy (non-hydrogen) atoms. The lowest BCUT2D eigenvalue weighted by molar-refractivity contribution is 0.151. The van der Waals surface area contributed by atoms with Crippen LogP contribution in [0.15, 0.2) is 0 Å². The Balaban J connectivity index is 2.58. The molecule has 84 valence electrons. The summed E-state index contributed by atoms with van der Waals surface area (Å²) >= 11 is 1.97. The van der Waals surface area contributed by atoms with Gasteiger partial charge in [0.1, 0.15) is 0 Å². The van der Waals surface area contributed by atoms with Gasteiger partial charge in [-0.05, 0) is 36.2 Å². The van der Waals surface area contributed by atoms with Crippen LogP contribution >= 0.6 is 11.8 Å². The molecule has 1 fully saturated rings. The molecule has 0 bridgehead atoms. The molecule has 0 saturated carbocycles. The maximum atomic E-state index is 5.68. The topological polar surface area (TPSA) is 12.5 Å². The first-order valence-electron chi connectivity index (χ1n) is 5.70. The Morgan fingerprint density at radius 1 is 1.36 bits per heavy atom. The smallest absolute Gasteiger partial charge is 0.0942 e. The number of thioether (sulfide) groups is 1. The molecule has 1 nitrogen and oxygen atoms in total. The quantitative estimate of drug-likeness (QED) is 0.631. The first kappa shape index (κ1) is 12.4. The molecule has 0 radical (unpaired) electrons. The van der Waals surface area contributed by atoms with Gasteiger partial charge in [-0.2, -0.15) is 11.8 Å². The lowest BCUT2D eigenvalue weighted by atomic mass is 9.77. The molecule has 1 saturated heterocycles. The highest BCUT2D eigenvalue weighted by Gasteiger charge is 2.50. The maximum Gasteiger partial charge on any atom is 0.0942 e. The monoisotopic (exact) mass is 216 g/mol. The zero-order chi connectivity index (χ0) is 10.8. The van der Waals surface area contributed by atoms with Crippen molar-refractivity contribution in [3.8, 4) is 0 Å². The third kappa shape index (κ3) is 2.46. The van der Waals surface area contributed by atoms with Crippen LogP contribution in [0.2, 0.25) is 0 Å². The van der Waals surface area contributed by atoms with Crippen molar-refractivity contribution in [3.63, 3.8) is 0 Å². The van der Waals surface area contributed by atoms with Crippen LogP contribution in [0.25, 0.3) is 0 Å². The highest BCUT2D eigenvalue weighted by molar-refractivity contribution is 7.98. The van der Waals surface area contributed by atoms with E-state index in [0.717, 1.165) is 18.4 Å². The van der Waals surface area contributed by atoms with Crippen LogP contribution in [0.3, 0.4) is 0 Å². The second-order valence-electron chi connectivity index (χ2n) is 4.86. The molecular formula is C12H24OS. The standard InChI is InChI=1S/C12H24OS/c1-6-12(8-13-12)10(4)11(7-14-5)9(2)3/h9-11H,6-8H2,1-5H3. The Labute approximate surface area is 93.0 Å². The third-order valence-electron chi connectivity index (χ3n) is 3.80. The van der Waals surface area contributed by atoms with Crippen molar-refractivity contribution in [1.82, 2.24) is 0 Å². The van der Waals surface area contributed by atoms with Crippen LogP contribution in [0.1, 0.15) is 34.1 Å². The Kier molecular flexibility index (Phi) is 4.32. The fourth-order valence-corrected chi connectivity index (χ4v) is 3.44. The zero-order valence-corrected chi connectivity index (χ0v) is 11.0. The van der Waals surface area contributed by atoms with E-state index >= 15 is 0 Å². The van der Waals surface area contributed by atoms with E-state index in [-0.39, 0.29) is 5.60 Å². The van der Waals surface area contributed by atoms with Gasteiger partial charge in [-0.25, -0.2) is 0 Å². The fourth-order valence-electron chi connectivity index (χ4n) is 2.38. The lowest BCUT2D eigenvalue weighted by Gasteiger charge is -2.31. The van der Waals surface area contributed by atoms with Gasteiger partial charge in [0.25, 0.3) is 0 Å². The second kappa shape index (κ2) is 4.89. The average molecular weight is 216 g/mol. The average Bonchev–Trinajstić information content (AvgIpc) is 2.93. The van der Waals surface area contributed by atoms with Crippen molar-refractivity contribution in [2.24, 2.45) is 17.8 Å². The minimum absolute atomic E-state index is 0.241. The highest BCUT2D eigenvalue weighted by Crippen LogP contribution is 2.44. The molecule has 0 aromatic rings. The van der Waals surface area contributed by atoms with Gasteiger partial charge in [-0.3, -0.25) is 0 Å². The van der Waals surface area contributed by atoms with Crippen molar-refractivity contribution in [2.45, 2.75) is 39.7 Å². The van der Waals surface area contributed by atoms with E-state index in [0.29, 0.717) is 5.92 Å². The largest absolute Gasteiger partial charge is 0.369 e. The first-order valence-corrected chi connectivity index (χ1v) is 7.09. The van der Waals surface area contributed by atoms with Crippen LogP contribution in [0, 0.1) is 17.8 Å². The number of rotatable bonds is 6. The summed E-state index contributed by atoms with van der Waals surface area (Å²) in [6.45, 7) is 10.3. The van der Waals surface area contributed by atoms with E-state index in [9.17, 15) is 0 Å². The van der Waals surface area contributed by atoms with Gasteiger partial charge >= 0.3 is 0 Å². The summed E-state index contributed by atoms with van der Waals surface area (Å²) in [5.74, 6) is 3.54. The number of hydrogen-bond acceptors (Lipinski definition) is 2. The summed E-state index contributed by atoms with van der Waals surface area (Å²) in [5, 5.41) is 0. The lowest BCUT2D eigenvalue weighted by Crippen LogP contribution is -2.32. The van der Waals surface area contributed by atoms with Gasteiger partial charge < -0.3 is 4.74 Å². The van der Waals surface area contributed by atoms with Crippen molar-refractivity contribution < 1.29 is 4.74 Å². The third-order valence-corrected chi connectivity index (χ3v) is 4.52. The van der Waals surface area contributed by atoms with E-state index in [1.54, 1.807) is 0 Å². The SMILES string of the molecule is CCC1(C(C)C(CSC)C(C)C)CO1. The molecule has 0 N–H and O–H groups in total. The number of epoxide rings is 1. The van der Waals surface area contributed by atoms with E-state index in [4.69, 9.17) is 4.74 Å². The molecule has 1 rings (SSSR count). The molecule has 0 aromatic carbocycles. The predicted octanol–water partition coefficient (Wildman–Crippen LogP) is 3.44. The molecule has 1 aliphatic heterocycles. The Bertz CT molecular complexity index is 175. The summed E-state index contributed by atoms with van der Waals surface area (Å²) in [7, 11) is 0. The molecule has 0 spiro atoms. The fraction of sp³-hybridized carbons (Fsp3) is 1.00. The van der Waals surface area contributed by atoms with E-state index in [1.165, 1.54) is 12.2 Å². The first-order chi connectivity index (χ1) is 6.57. The Morgan fingerprint density at radius 2 is 1.93 bits per heavy atom. The highest BCUT2D eigenvalue weighted by atomic mass is 32.2. The van der Waals surface area contributed by atoms with Crippen LogP contribution in [-0.2, 0) is 4.74 Å².